The molecule has 0 bridgehead atoms. The minimum atomic E-state index is -4.65. The average Bonchev–Trinajstić information content (AvgIpc) is 2.84. The topological polar surface area (TPSA) is 53.5 Å². The van der Waals surface area contributed by atoms with Crippen LogP contribution < -0.4 is 4.90 Å². The minimum absolute atomic E-state index is 0.0497. The lowest BCUT2D eigenvalue weighted by atomic mass is 10.2. The monoisotopic (exact) mass is 385 g/mol. The van der Waals surface area contributed by atoms with Gasteiger partial charge in [-0.3, -0.25) is 4.79 Å². The summed E-state index contributed by atoms with van der Waals surface area (Å²) in [5.41, 5.74) is -0.889. The molecule has 0 N–H and O–H groups in total. The predicted molar refractivity (Wildman–Crippen MR) is 83.6 cm³/mol. The molecular weight excluding hydrogens is 373 g/mol. The number of aryl methyl sites for hydroxylation is 1. The van der Waals surface area contributed by atoms with Gasteiger partial charge in [-0.05, 0) is 36.2 Å². The van der Waals surface area contributed by atoms with E-state index in [1.807, 2.05) is 0 Å². The molecule has 1 aromatic heterocycles. The summed E-state index contributed by atoms with van der Waals surface area (Å²) < 4.78 is 64.5. The van der Waals surface area contributed by atoms with Gasteiger partial charge in [0.15, 0.2) is 11.6 Å². The van der Waals surface area contributed by atoms with Gasteiger partial charge in [0.05, 0.1) is 11.9 Å². The Hall–Kier alpha value is -3.04. The SMILES string of the molecule is Cc1cc(C(F)(F)F)ncc1N1C(=O)CN(Cc2ccc(F)c(F)c2)C1=O. The van der Waals surface area contributed by atoms with Crippen molar-refractivity contribution in [2.75, 3.05) is 11.4 Å². The van der Waals surface area contributed by atoms with Crippen molar-refractivity contribution < 1.29 is 31.5 Å². The number of amides is 3. The number of imide groups is 1. The largest absolute Gasteiger partial charge is 0.433 e. The fourth-order valence-corrected chi connectivity index (χ4v) is 2.71. The molecule has 0 unspecified atom stereocenters. The summed E-state index contributed by atoms with van der Waals surface area (Å²) >= 11 is 0. The number of aromatic nitrogens is 1. The number of anilines is 1. The Morgan fingerprint density at radius 3 is 2.41 bits per heavy atom. The van der Waals surface area contributed by atoms with Crippen molar-refractivity contribution >= 4 is 17.6 Å². The van der Waals surface area contributed by atoms with Crippen molar-refractivity contribution in [1.82, 2.24) is 9.88 Å². The van der Waals surface area contributed by atoms with Gasteiger partial charge in [-0.2, -0.15) is 13.2 Å². The number of pyridine rings is 1. The van der Waals surface area contributed by atoms with E-state index in [1.54, 1.807) is 0 Å². The molecule has 2 heterocycles. The molecule has 0 radical (unpaired) electrons. The second-order valence-corrected chi connectivity index (χ2v) is 5.97. The highest BCUT2D eigenvalue weighted by atomic mass is 19.4. The molecular formula is C17H12F5N3O2. The maximum absolute atomic E-state index is 13.3. The van der Waals surface area contributed by atoms with Gasteiger partial charge < -0.3 is 4.90 Å². The maximum Gasteiger partial charge on any atom is 0.433 e. The van der Waals surface area contributed by atoms with Gasteiger partial charge in [0.1, 0.15) is 12.2 Å². The van der Waals surface area contributed by atoms with Crippen LogP contribution in [0.15, 0.2) is 30.5 Å². The molecule has 142 valence electrons. The van der Waals surface area contributed by atoms with Crippen LogP contribution in [0.2, 0.25) is 0 Å². The third kappa shape index (κ3) is 3.60. The average molecular weight is 385 g/mol. The van der Waals surface area contributed by atoms with E-state index in [0.29, 0.717) is 0 Å². The fourth-order valence-electron chi connectivity index (χ4n) is 2.71. The van der Waals surface area contributed by atoms with Crippen LogP contribution in [0.1, 0.15) is 16.8 Å². The normalized spacial score (nSPS) is 15.0. The zero-order valence-electron chi connectivity index (χ0n) is 13.8. The zero-order chi connectivity index (χ0) is 19.9. The molecule has 1 aliphatic heterocycles. The molecule has 0 aliphatic carbocycles. The van der Waals surface area contributed by atoms with Gasteiger partial charge in [-0.15, -0.1) is 0 Å². The summed E-state index contributed by atoms with van der Waals surface area (Å²) in [5, 5.41) is 0. The molecule has 0 spiro atoms. The summed E-state index contributed by atoms with van der Waals surface area (Å²) in [6.45, 7) is 0.814. The van der Waals surface area contributed by atoms with Crippen molar-refractivity contribution in [3.05, 3.63) is 58.9 Å². The second kappa shape index (κ2) is 6.60. The molecule has 0 saturated carbocycles. The lowest BCUT2D eigenvalue weighted by molar-refractivity contribution is -0.141. The molecule has 10 heteroatoms. The Kier molecular flexibility index (Phi) is 4.58. The number of rotatable bonds is 3. The lowest BCUT2D eigenvalue weighted by Crippen LogP contribution is -2.33. The van der Waals surface area contributed by atoms with E-state index in [2.05, 4.69) is 4.98 Å². The number of urea groups is 1. The molecule has 1 fully saturated rings. The van der Waals surface area contributed by atoms with Crippen LogP contribution in [0.3, 0.4) is 0 Å². The van der Waals surface area contributed by atoms with Crippen molar-refractivity contribution in [3.63, 3.8) is 0 Å². The molecule has 3 amide bonds. The van der Waals surface area contributed by atoms with E-state index in [1.165, 1.54) is 13.0 Å². The molecule has 0 atom stereocenters. The Morgan fingerprint density at radius 2 is 1.81 bits per heavy atom. The first-order valence-corrected chi connectivity index (χ1v) is 7.67. The van der Waals surface area contributed by atoms with Gasteiger partial charge in [0, 0.05) is 6.54 Å². The van der Waals surface area contributed by atoms with Crippen LogP contribution in [0.5, 0.6) is 0 Å². The van der Waals surface area contributed by atoms with E-state index in [9.17, 15) is 31.5 Å². The van der Waals surface area contributed by atoms with Crippen LogP contribution in [-0.2, 0) is 17.5 Å². The standard InChI is InChI=1S/C17H12F5N3O2/c1-9-4-14(17(20,21)22)23-6-13(9)25-15(26)8-24(16(25)27)7-10-2-3-11(18)12(19)5-10/h2-6H,7-8H2,1H3. The van der Waals surface area contributed by atoms with Crippen LogP contribution in [0.4, 0.5) is 32.4 Å². The van der Waals surface area contributed by atoms with E-state index < -0.39 is 35.4 Å². The molecule has 1 saturated heterocycles. The molecule has 27 heavy (non-hydrogen) atoms. The van der Waals surface area contributed by atoms with Crippen molar-refractivity contribution in [2.24, 2.45) is 0 Å². The first-order valence-electron chi connectivity index (χ1n) is 7.67. The zero-order valence-corrected chi connectivity index (χ0v) is 13.8. The Labute approximate surface area is 150 Å². The molecule has 1 aromatic carbocycles. The number of hydrogen-bond donors (Lipinski definition) is 0. The molecule has 5 nitrogen and oxygen atoms in total. The summed E-state index contributed by atoms with van der Waals surface area (Å²) in [6.07, 6.45) is -3.84. The van der Waals surface area contributed by atoms with Crippen molar-refractivity contribution in [3.8, 4) is 0 Å². The van der Waals surface area contributed by atoms with Crippen LogP contribution in [0.25, 0.3) is 0 Å². The Morgan fingerprint density at radius 1 is 1.11 bits per heavy atom. The smallest absolute Gasteiger partial charge is 0.310 e. The van der Waals surface area contributed by atoms with Crippen molar-refractivity contribution in [1.29, 1.82) is 0 Å². The number of carbonyl (C=O) groups is 2. The third-order valence-electron chi connectivity index (χ3n) is 4.01. The van der Waals surface area contributed by atoms with Gasteiger partial charge >= 0.3 is 12.2 Å². The van der Waals surface area contributed by atoms with E-state index >= 15 is 0 Å². The summed E-state index contributed by atoms with van der Waals surface area (Å²) in [4.78, 5) is 29.8. The lowest BCUT2D eigenvalue weighted by Gasteiger charge is -2.19. The van der Waals surface area contributed by atoms with Crippen LogP contribution in [-0.4, -0.2) is 28.4 Å². The van der Waals surface area contributed by atoms with Crippen LogP contribution >= 0.6 is 0 Å². The van der Waals surface area contributed by atoms with Crippen molar-refractivity contribution in [2.45, 2.75) is 19.6 Å². The van der Waals surface area contributed by atoms with Gasteiger partial charge in [-0.25, -0.2) is 23.5 Å². The second-order valence-electron chi connectivity index (χ2n) is 5.97. The highest BCUT2D eigenvalue weighted by Gasteiger charge is 2.39. The minimum Gasteiger partial charge on any atom is -0.310 e. The Balaban J connectivity index is 1.85. The number of alkyl halides is 3. The first-order chi connectivity index (χ1) is 12.6. The summed E-state index contributed by atoms with van der Waals surface area (Å²) in [7, 11) is 0. The highest BCUT2D eigenvalue weighted by molar-refractivity contribution is 6.20. The number of benzene rings is 1. The highest BCUT2D eigenvalue weighted by Crippen LogP contribution is 2.32. The van der Waals surface area contributed by atoms with Gasteiger partial charge in [0.25, 0.3) is 5.91 Å². The molecule has 3 rings (SSSR count). The predicted octanol–water partition coefficient (Wildman–Crippen LogP) is 3.66. The number of hydrogen-bond acceptors (Lipinski definition) is 3. The number of nitrogens with zero attached hydrogens (tertiary/aromatic N) is 3. The van der Waals surface area contributed by atoms with Crippen LogP contribution in [0, 0.1) is 18.6 Å². The molecule has 2 aromatic rings. The van der Waals surface area contributed by atoms with E-state index in [0.717, 1.165) is 34.2 Å². The third-order valence-corrected chi connectivity index (χ3v) is 4.01. The maximum atomic E-state index is 13.3. The molecule has 1 aliphatic rings. The fraction of sp³-hybridized carbons (Fsp3) is 0.235. The summed E-state index contributed by atoms with van der Waals surface area (Å²) in [6, 6.07) is 3.03. The van der Waals surface area contributed by atoms with Gasteiger partial charge in [-0.1, -0.05) is 6.07 Å². The number of carbonyl (C=O) groups excluding carboxylic acids is 2. The quantitative estimate of drug-likeness (QED) is 0.599. The Bertz CT molecular complexity index is 929. The van der Waals surface area contributed by atoms with Gasteiger partial charge in [0.2, 0.25) is 0 Å². The van der Waals surface area contributed by atoms with E-state index in [-0.39, 0.29) is 29.9 Å². The first kappa shape index (κ1) is 18.7. The summed E-state index contributed by atoms with van der Waals surface area (Å²) in [5.74, 6) is -2.80. The van der Waals surface area contributed by atoms with E-state index in [4.69, 9.17) is 0 Å². The number of halogens is 5.